The van der Waals surface area contributed by atoms with Crippen molar-refractivity contribution in [2.45, 2.75) is 12.8 Å². The predicted molar refractivity (Wildman–Crippen MR) is 125 cm³/mol. The third kappa shape index (κ3) is 5.19. The largest absolute Gasteiger partial charge is 0.493 e. The van der Waals surface area contributed by atoms with Crippen molar-refractivity contribution in [3.63, 3.8) is 0 Å². The Bertz CT molecular complexity index is 940. The van der Waals surface area contributed by atoms with Gasteiger partial charge < -0.3 is 25.0 Å². The van der Waals surface area contributed by atoms with Crippen LogP contribution in [-0.4, -0.2) is 44.2 Å². The SMILES string of the molecule is C=C1C=C(Nc2c(Cl)cncc2Cl)c2ccc(OC)c(OCCCCN(C)C)c2N1. The number of anilines is 2. The zero-order valence-corrected chi connectivity index (χ0v) is 18.9. The zero-order valence-electron chi connectivity index (χ0n) is 17.4. The summed E-state index contributed by atoms with van der Waals surface area (Å²) in [6.07, 6.45) is 6.97. The lowest BCUT2D eigenvalue weighted by Crippen LogP contribution is -2.15. The van der Waals surface area contributed by atoms with Gasteiger partial charge in [-0.3, -0.25) is 4.98 Å². The molecule has 0 radical (unpaired) electrons. The van der Waals surface area contributed by atoms with Crippen LogP contribution >= 0.6 is 23.2 Å². The quantitative estimate of drug-likeness (QED) is 0.493. The Labute approximate surface area is 187 Å². The molecule has 1 aliphatic heterocycles. The zero-order chi connectivity index (χ0) is 21.7. The third-order valence-corrected chi connectivity index (χ3v) is 5.17. The fourth-order valence-corrected chi connectivity index (χ4v) is 3.60. The number of pyridine rings is 1. The number of nitrogens with zero attached hydrogens (tertiary/aromatic N) is 2. The summed E-state index contributed by atoms with van der Waals surface area (Å²) < 4.78 is 11.7. The summed E-state index contributed by atoms with van der Waals surface area (Å²) in [5.41, 5.74) is 3.77. The van der Waals surface area contributed by atoms with E-state index in [9.17, 15) is 0 Å². The summed E-state index contributed by atoms with van der Waals surface area (Å²) in [7, 11) is 5.76. The van der Waals surface area contributed by atoms with Crippen molar-refractivity contribution >= 4 is 40.3 Å². The van der Waals surface area contributed by atoms with E-state index >= 15 is 0 Å². The summed E-state index contributed by atoms with van der Waals surface area (Å²) in [5, 5.41) is 7.48. The van der Waals surface area contributed by atoms with Crippen molar-refractivity contribution < 1.29 is 9.47 Å². The number of ether oxygens (including phenoxy) is 2. The Morgan fingerprint density at radius 3 is 2.57 bits per heavy atom. The minimum absolute atomic E-state index is 0.431. The van der Waals surface area contributed by atoms with E-state index in [0.717, 1.165) is 36.3 Å². The number of hydrogen-bond donors (Lipinski definition) is 2. The molecule has 0 unspecified atom stereocenters. The molecule has 1 aromatic heterocycles. The van der Waals surface area contributed by atoms with Crippen LogP contribution in [0.5, 0.6) is 11.5 Å². The fourth-order valence-electron chi connectivity index (χ4n) is 3.14. The summed E-state index contributed by atoms with van der Waals surface area (Å²) in [4.78, 5) is 6.16. The van der Waals surface area contributed by atoms with Crippen molar-refractivity contribution in [2.75, 3.05) is 45.0 Å². The maximum atomic E-state index is 6.29. The number of rotatable bonds is 9. The molecule has 2 N–H and O–H groups in total. The number of aromatic nitrogens is 1. The maximum Gasteiger partial charge on any atom is 0.185 e. The van der Waals surface area contributed by atoms with Gasteiger partial charge in [0, 0.05) is 23.7 Å². The second-order valence-corrected chi connectivity index (χ2v) is 8.00. The molecule has 0 saturated heterocycles. The molecule has 0 aliphatic carbocycles. The Hall–Kier alpha value is -2.41. The Balaban J connectivity index is 1.88. The molecular formula is C22H26Cl2N4O2. The smallest absolute Gasteiger partial charge is 0.185 e. The lowest BCUT2D eigenvalue weighted by Gasteiger charge is -2.26. The highest BCUT2D eigenvalue weighted by Gasteiger charge is 2.23. The monoisotopic (exact) mass is 448 g/mol. The van der Waals surface area contributed by atoms with Crippen LogP contribution in [0, 0.1) is 0 Å². The molecule has 2 heterocycles. The van der Waals surface area contributed by atoms with Crippen LogP contribution in [0.15, 0.2) is 42.9 Å². The minimum atomic E-state index is 0.431. The number of fused-ring (bicyclic) bond motifs is 1. The highest BCUT2D eigenvalue weighted by molar-refractivity contribution is 6.39. The second-order valence-electron chi connectivity index (χ2n) is 7.19. The summed E-state index contributed by atoms with van der Waals surface area (Å²) >= 11 is 12.6. The maximum absolute atomic E-state index is 6.29. The van der Waals surface area contributed by atoms with Crippen molar-refractivity contribution in [3.8, 4) is 11.5 Å². The molecule has 0 atom stereocenters. The summed E-state index contributed by atoms with van der Waals surface area (Å²) in [6.45, 7) is 5.67. The predicted octanol–water partition coefficient (Wildman–Crippen LogP) is 5.51. The van der Waals surface area contributed by atoms with Crippen LogP contribution in [0.2, 0.25) is 10.0 Å². The van der Waals surface area contributed by atoms with Crippen molar-refractivity contribution in [1.82, 2.24) is 9.88 Å². The van der Waals surface area contributed by atoms with Gasteiger partial charge in [0.25, 0.3) is 0 Å². The molecule has 160 valence electrons. The molecule has 6 nitrogen and oxygen atoms in total. The average molecular weight is 449 g/mol. The molecule has 0 bridgehead atoms. The van der Waals surface area contributed by atoms with Gasteiger partial charge in [-0.25, -0.2) is 0 Å². The van der Waals surface area contributed by atoms with E-state index in [4.69, 9.17) is 32.7 Å². The number of methoxy groups -OCH3 is 1. The van der Waals surface area contributed by atoms with Gasteiger partial charge in [0.05, 0.1) is 40.8 Å². The Morgan fingerprint density at radius 2 is 1.90 bits per heavy atom. The van der Waals surface area contributed by atoms with Crippen LogP contribution in [0.4, 0.5) is 11.4 Å². The van der Waals surface area contributed by atoms with Crippen LogP contribution < -0.4 is 20.1 Å². The number of benzene rings is 1. The lowest BCUT2D eigenvalue weighted by molar-refractivity contribution is 0.278. The molecule has 3 rings (SSSR count). The van der Waals surface area contributed by atoms with E-state index in [0.29, 0.717) is 39.5 Å². The number of halogens is 2. The van der Waals surface area contributed by atoms with Crippen LogP contribution in [0.1, 0.15) is 18.4 Å². The van der Waals surface area contributed by atoms with Gasteiger partial charge in [0.1, 0.15) is 0 Å². The highest BCUT2D eigenvalue weighted by atomic mass is 35.5. The Morgan fingerprint density at radius 1 is 1.17 bits per heavy atom. The summed E-state index contributed by atoms with van der Waals surface area (Å²) in [6, 6.07) is 3.84. The van der Waals surface area contributed by atoms with Crippen LogP contribution in [-0.2, 0) is 0 Å². The molecule has 30 heavy (non-hydrogen) atoms. The second kappa shape index (κ2) is 10.1. The Kier molecular flexibility index (Phi) is 7.48. The average Bonchev–Trinajstić information content (AvgIpc) is 2.70. The highest BCUT2D eigenvalue weighted by Crippen LogP contribution is 2.44. The van der Waals surface area contributed by atoms with Crippen molar-refractivity contribution in [2.24, 2.45) is 0 Å². The first-order valence-electron chi connectivity index (χ1n) is 9.63. The fraction of sp³-hybridized carbons (Fsp3) is 0.318. The number of allylic oxidation sites excluding steroid dienone is 1. The van der Waals surface area contributed by atoms with E-state index in [-0.39, 0.29) is 0 Å². The molecule has 1 aromatic carbocycles. The van der Waals surface area contributed by atoms with E-state index in [1.807, 2.05) is 18.2 Å². The molecule has 1 aliphatic rings. The number of nitrogens with one attached hydrogen (secondary N) is 2. The van der Waals surface area contributed by atoms with Crippen LogP contribution in [0.25, 0.3) is 5.70 Å². The third-order valence-electron chi connectivity index (χ3n) is 4.59. The first kappa shape index (κ1) is 22.3. The van der Waals surface area contributed by atoms with E-state index in [2.05, 4.69) is 41.2 Å². The number of unbranched alkanes of at least 4 members (excludes halogenated alkanes) is 1. The minimum Gasteiger partial charge on any atom is -0.493 e. The standard InChI is InChI=1S/C22H26Cl2N4O2/c1-14-11-18(27-21-16(23)12-25-13-17(21)24)15-7-8-19(29-4)22(20(15)26-14)30-10-6-5-9-28(2)3/h7-8,11-13,26H,1,5-6,9-10H2,2-4H3,(H,25,27). The lowest BCUT2D eigenvalue weighted by atomic mass is 10.0. The van der Waals surface area contributed by atoms with Gasteiger partial charge in [-0.2, -0.15) is 0 Å². The van der Waals surface area contributed by atoms with Gasteiger partial charge >= 0.3 is 0 Å². The van der Waals surface area contributed by atoms with Gasteiger partial charge in [-0.05, 0) is 51.7 Å². The van der Waals surface area contributed by atoms with E-state index < -0.39 is 0 Å². The number of hydrogen-bond acceptors (Lipinski definition) is 6. The van der Waals surface area contributed by atoms with Gasteiger partial charge in [-0.1, -0.05) is 29.8 Å². The van der Waals surface area contributed by atoms with Gasteiger partial charge in [-0.15, -0.1) is 0 Å². The summed E-state index contributed by atoms with van der Waals surface area (Å²) in [5.74, 6) is 1.31. The molecule has 0 saturated carbocycles. The first-order chi connectivity index (χ1) is 14.4. The van der Waals surface area contributed by atoms with Crippen molar-refractivity contribution in [3.05, 3.63) is 58.5 Å². The van der Waals surface area contributed by atoms with E-state index in [1.54, 1.807) is 19.5 Å². The molecule has 0 fully saturated rings. The van der Waals surface area contributed by atoms with Gasteiger partial charge in [0.15, 0.2) is 11.5 Å². The first-order valence-corrected chi connectivity index (χ1v) is 10.4. The molecular weight excluding hydrogens is 423 g/mol. The van der Waals surface area contributed by atoms with Crippen LogP contribution in [0.3, 0.4) is 0 Å². The normalized spacial score (nSPS) is 12.9. The van der Waals surface area contributed by atoms with Gasteiger partial charge in [0.2, 0.25) is 0 Å². The molecule has 0 amide bonds. The van der Waals surface area contributed by atoms with E-state index in [1.165, 1.54) is 0 Å². The van der Waals surface area contributed by atoms with Crippen molar-refractivity contribution in [1.29, 1.82) is 0 Å². The molecule has 0 spiro atoms. The molecule has 8 heteroatoms. The topological polar surface area (TPSA) is 58.7 Å². The molecule has 2 aromatic rings.